The zero-order valence-electron chi connectivity index (χ0n) is 35.4. The van der Waals surface area contributed by atoms with Crippen LogP contribution in [0, 0.1) is 46.3 Å². The Morgan fingerprint density at radius 2 is 1.25 bits per heavy atom. The first kappa shape index (κ1) is 42.9. The summed E-state index contributed by atoms with van der Waals surface area (Å²) in [5.74, 6) is 5.34. The fraction of sp³-hybridized carbons (Fsp3) is 0.939. The molecule has 0 heterocycles. The average Bonchev–Trinajstić information content (AvgIpc) is 3.46. The van der Waals surface area contributed by atoms with Gasteiger partial charge in [-0.3, -0.25) is 4.79 Å². The molecule has 2 nitrogen and oxygen atoms in total. The SMILES string of the molecule is CCCCCCCCCCCCCCCCCCCCCC(=O)O[C@@H]1CC[C@@]2(C)C(=CC[C@@H]3[C@H]2CC[C@]2(C)[C@@H]([C@H](C)CCCC(C)C)CC[C@@H]32)C1. The van der Waals surface area contributed by atoms with Crippen LogP contribution in [0.3, 0.4) is 0 Å². The van der Waals surface area contributed by atoms with Crippen LogP contribution in [0.15, 0.2) is 11.6 Å². The molecule has 4 aliphatic carbocycles. The third-order valence-corrected chi connectivity index (χ3v) is 15.5. The Kier molecular flexibility index (Phi) is 19.0. The van der Waals surface area contributed by atoms with Crippen molar-refractivity contribution < 1.29 is 9.53 Å². The normalized spacial score (nSPS) is 30.8. The summed E-state index contributed by atoms with van der Waals surface area (Å²) >= 11 is 0. The number of esters is 1. The Bertz CT molecular complexity index is 996. The quantitative estimate of drug-likeness (QED) is 0.0508. The lowest BCUT2D eigenvalue weighted by atomic mass is 9.47. The first-order valence-corrected chi connectivity index (χ1v) is 23.6. The topological polar surface area (TPSA) is 26.3 Å². The minimum Gasteiger partial charge on any atom is -0.462 e. The highest BCUT2D eigenvalue weighted by Crippen LogP contribution is 2.67. The summed E-state index contributed by atoms with van der Waals surface area (Å²) in [7, 11) is 0. The Hall–Kier alpha value is -0.790. The fourth-order valence-electron chi connectivity index (χ4n) is 12.3. The van der Waals surface area contributed by atoms with Gasteiger partial charge in [0, 0.05) is 12.8 Å². The number of unbranched alkanes of at least 4 members (excludes halogenated alkanes) is 18. The van der Waals surface area contributed by atoms with Gasteiger partial charge in [-0.25, -0.2) is 0 Å². The molecule has 0 spiro atoms. The molecule has 8 atom stereocenters. The van der Waals surface area contributed by atoms with Crippen LogP contribution in [0.5, 0.6) is 0 Å². The summed E-state index contributed by atoms with van der Waals surface area (Å²) in [6.45, 7) is 15.0. The maximum atomic E-state index is 12.9. The first-order chi connectivity index (χ1) is 24.7. The van der Waals surface area contributed by atoms with E-state index in [1.807, 2.05) is 0 Å². The van der Waals surface area contributed by atoms with E-state index in [-0.39, 0.29) is 12.1 Å². The summed E-state index contributed by atoms with van der Waals surface area (Å²) in [5, 5.41) is 0. The molecule has 4 aliphatic rings. The summed E-state index contributed by atoms with van der Waals surface area (Å²) in [6, 6.07) is 0. The van der Waals surface area contributed by atoms with Crippen molar-refractivity contribution in [3.8, 4) is 0 Å². The minimum absolute atomic E-state index is 0.0674. The van der Waals surface area contributed by atoms with Crippen molar-refractivity contribution in [2.45, 2.75) is 247 Å². The number of ether oxygens (including phenoxy) is 1. The monoisotopic (exact) mass is 709 g/mol. The van der Waals surface area contributed by atoms with E-state index in [1.165, 1.54) is 173 Å². The van der Waals surface area contributed by atoms with Gasteiger partial charge in [0.05, 0.1) is 0 Å². The summed E-state index contributed by atoms with van der Waals surface area (Å²) in [6.07, 6.45) is 44.3. The minimum atomic E-state index is 0.0674. The fourth-order valence-corrected chi connectivity index (χ4v) is 12.3. The second kappa shape index (κ2) is 22.6. The summed E-state index contributed by atoms with van der Waals surface area (Å²) < 4.78 is 6.15. The lowest BCUT2D eigenvalue weighted by Gasteiger charge is -2.58. The zero-order chi connectivity index (χ0) is 36.5. The van der Waals surface area contributed by atoms with Gasteiger partial charge in [0.2, 0.25) is 0 Å². The highest BCUT2D eigenvalue weighted by molar-refractivity contribution is 5.69. The van der Waals surface area contributed by atoms with E-state index >= 15 is 0 Å². The second-order valence-corrected chi connectivity index (χ2v) is 19.8. The summed E-state index contributed by atoms with van der Waals surface area (Å²) in [4.78, 5) is 12.9. The number of carbonyl (C=O) groups excluding carboxylic acids is 1. The zero-order valence-corrected chi connectivity index (χ0v) is 35.4. The van der Waals surface area contributed by atoms with E-state index in [1.54, 1.807) is 5.57 Å². The molecule has 4 rings (SSSR count). The smallest absolute Gasteiger partial charge is 0.306 e. The maximum Gasteiger partial charge on any atom is 0.306 e. The number of fused-ring (bicyclic) bond motifs is 5. The molecular weight excluding hydrogens is 621 g/mol. The summed E-state index contributed by atoms with van der Waals surface area (Å²) in [5.41, 5.74) is 2.54. The highest BCUT2D eigenvalue weighted by Gasteiger charge is 2.59. The highest BCUT2D eigenvalue weighted by atomic mass is 16.5. The van der Waals surface area contributed by atoms with Crippen LogP contribution in [0.1, 0.15) is 241 Å². The predicted molar refractivity (Wildman–Crippen MR) is 221 cm³/mol. The van der Waals surface area contributed by atoms with Gasteiger partial charge in [-0.05, 0) is 97.7 Å². The number of hydrogen-bond donors (Lipinski definition) is 0. The van der Waals surface area contributed by atoms with Crippen LogP contribution in [0.25, 0.3) is 0 Å². The molecule has 51 heavy (non-hydrogen) atoms. The number of carbonyl (C=O) groups is 1. The lowest BCUT2D eigenvalue weighted by molar-refractivity contribution is -0.151. The van der Waals surface area contributed by atoms with Gasteiger partial charge in [-0.2, -0.15) is 0 Å². The van der Waals surface area contributed by atoms with E-state index in [4.69, 9.17) is 4.74 Å². The van der Waals surface area contributed by atoms with Gasteiger partial charge >= 0.3 is 5.97 Å². The van der Waals surface area contributed by atoms with Crippen LogP contribution in [-0.4, -0.2) is 12.1 Å². The van der Waals surface area contributed by atoms with Crippen molar-refractivity contribution in [1.29, 1.82) is 0 Å². The Morgan fingerprint density at radius 3 is 1.82 bits per heavy atom. The molecule has 0 unspecified atom stereocenters. The molecule has 0 aromatic rings. The molecule has 296 valence electrons. The molecule has 0 aromatic heterocycles. The van der Waals surface area contributed by atoms with Gasteiger partial charge < -0.3 is 4.74 Å². The van der Waals surface area contributed by atoms with E-state index in [0.29, 0.717) is 17.3 Å². The second-order valence-electron chi connectivity index (χ2n) is 19.8. The first-order valence-electron chi connectivity index (χ1n) is 23.6. The molecule has 0 aliphatic heterocycles. The molecule has 3 fully saturated rings. The van der Waals surface area contributed by atoms with E-state index in [2.05, 4.69) is 47.6 Å². The molecule has 0 saturated heterocycles. The van der Waals surface area contributed by atoms with Gasteiger partial charge in [0.25, 0.3) is 0 Å². The molecule has 0 radical (unpaired) electrons. The van der Waals surface area contributed by atoms with Crippen molar-refractivity contribution in [2.75, 3.05) is 0 Å². The van der Waals surface area contributed by atoms with Crippen LogP contribution < -0.4 is 0 Å². The van der Waals surface area contributed by atoms with Crippen LogP contribution in [-0.2, 0) is 9.53 Å². The van der Waals surface area contributed by atoms with E-state index in [9.17, 15) is 4.79 Å². The van der Waals surface area contributed by atoms with Gasteiger partial charge in [-0.1, -0.05) is 188 Å². The molecule has 0 bridgehead atoms. The molecule has 0 N–H and O–H groups in total. The third-order valence-electron chi connectivity index (χ3n) is 15.5. The Balaban J connectivity index is 1.03. The van der Waals surface area contributed by atoms with Crippen molar-refractivity contribution in [2.24, 2.45) is 46.3 Å². The number of rotatable bonds is 26. The third kappa shape index (κ3) is 12.9. The number of hydrogen-bond acceptors (Lipinski definition) is 2. The molecular formula is C49H88O2. The average molecular weight is 709 g/mol. The van der Waals surface area contributed by atoms with E-state index in [0.717, 1.165) is 54.8 Å². The molecule has 0 aromatic carbocycles. The van der Waals surface area contributed by atoms with Gasteiger partial charge in [0.1, 0.15) is 6.10 Å². The standard InChI is InChI=1S/C49H88O2/c1-7-8-9-10-11-12-13-14-15-16-17-18-19-20-21-22-23-24-25-29-47(50)51-42-34-36-48(5)41(38-42)30-31-43-45-33-32-44(40(4)28-26-27-39(2)3)49(45,6)37-35-46(43)48/h30,39-40,42-46H,7-29,31-38H2,1-6H3/t40-,42-,43+,44-,45+,46-,48+,49-/m1/s1. The number of allylic oxidation sites excluding steroid dienone is 1. The van der Waals surface area contributed by atoms with Crippen LogP contribution in [0.4, 0.5) is 0 Å². The van der Waals surface area contributed by atoms with Crippen LogP contribution in [0.2, 0.25) is 0 Å². The molecule has 3 saturated carbocycles. The molecule has 0 amide bonds. The van der Waals surface area contributed by atoms with Crippen molar-refractivity contribution in [1.82, 2.24) is 0 Å². The molecule has 2 heteroatoms. The Labute approximate surface area is 319 Å². The van der Waals surface area contributed by atoms with Gasteiger partial charge in [-0.15, -0.1) is 0 Å². The van der Waals surface area contributed by atoms with E-state index < -0.39 is 0 Å². The van der Waals surface area contributed by atoms with Crippen molar-refractivity contribution in [3.63, 3.8) is 0 Å². The maximum absolute atomic E-state index is 12.9. The van der Waals surface area contributed by atoms with Crippen LogP contribution >= 0.6 is 0 Å². The van der Waals surface area contributed by atoms with Crippen molar-refractivity contribution >= 4 is 5.97 Å². The predicted octanol–water partition coefficient (Wildman–Crippen LogP) is 15.8. The largest absolute Gasteiger partial charge is 0.462 e. The van der Waals surface area contributed by atoms with Crippen molar-refractivity contribution in [3.05, 3.63) is 11.6 Å². The lowest BCUT2D eigenvalue weighted by Crippen LogP contribution is -2.51. The van der Waals surface area contributed by atoms with Gasteiger partial charge in [0.15, 0.2) is 0 Å². The Morgan fingerprint density at radius 1 is 0.686 bits per heavy atom.